The zero-order valence-corrected chi connectivity index (χ0v) is 13.8. The molecular formula is C19H23N3O2. The highest BCUT2D eigenvalue weighted by Crippen LogP contribution is 2.30. The van der Waals surface area contributed by atoms with Crippen LogP contribution in [0.5, 0.6) is 5.75 Å². The van der Waals surface area contributed by atoms with Crippen molar-refractivity contribution >= 4 is 5.91 Å². The number of rotatable bonds is 4. The van der Waals surface area contributed by atoms with Crippen molar-refractivity contribution in [3.63, 3.8) is 0 Å². The Morgan fingerprint density at radius 3 is 2.79 bits per heavy atom. The highest BCUT2D eigenvalue weighted by molar-refractivity contribution is 5.97. The zero-order chi connectivity index (χ0) is 16.4. The summed E-state index contributed by atoms with van der Waals surface area (Å²) >= 11 is 0. The first-order chi connectivity index (χ1) is 11.8. The molecule has 126 valence electrons. The maximum atomic E-state index is 13.0. The molecule has 1 amide bonds. The number of aromatic nitrogens is 2. The Balaban J connectivity index is 1.50. The first-order valence-electron chi connectivity index (χ1n) is 8.85. The van der Waals surface area contributed by atoms with Gasteiger partial charge in [0.05, 0.1) is 11.7 Å². The summed E-state index contributed by atoms with van der Waals surface area (Å²) in [5.41, 5.74) is 1.81. The van der Waals surface area contributed by atoms with Crippen molar-refractivity contribution in [1.29, 1.82) is 0 Å². The number of nitrogens with zero attached hydrogens (tertiary/aromatic N) is 2. The van der Waals surface area contributed by atoms with Crippen LogP contribution in [0, 0.1) is 0 Å². The van der Waals surface area contributed by atoms with Crippen molar-refractivity contribution < 1.29 is 9.53 Å². The van der Waals surface area contributed by atoms with Gasteiger partial charge >= 0.3 is 0 Å². The van der Waals surface area contributed by atoms with Gasteiger partial charge in [0.25, 0.3) is 5.91 Å². The number of ether oxygens (including phenoxy) is 1. The number of amides is 1. The number of nitrogens with one attached hydrogen (secondary N) is 1. The third kappa shape index (κ3) is 3.03. The van der Waals surface area contributed by atoms with Gasteiger partial charge in [0.1, 0.15) is 5.75 Å². The van der Waals surface area contributed by atoms with Crippen molar-refractivity contribution in [2.75, 3.05) is 13.1 Å². The molecule has 0 radical (unpaired) electrons. The van der Waals surface area contributed by atoms with Crippen LogP contribution in [-0.2, 0) is 0 Å². The van der Waals surface area contributed by atoms with Crippen LogP contribution in [-0.4, -0.2) is 40.2 Å². The molecule has 2 aromatic rings. The maximum Gasteiger partial charge on any atom is 0.257 e. The first kappa shape index (κ1) is 15.2. The molecule has 24 heavy (non-hydrogen) atoms. The standard InChI is InChI=1S/C19H23N3O2/c23-19(16-8-1-2-9-18(16)24-15-6-3-7-15)22-12-4-5-14(13-22)17-10-11-20-21-17/h1-2,8-11,14-15H,3-7,12-13H2,(H,20,21)/t14-/m1/s1. The Hall–Kier alpha value is -2.30. The lowest BCUT2D eigenvalue weighted by Gasteiger charge is -2.33. The van der Waals surface area contributed by atoms with Gasteiger partial charge in [-0.15, -0.1) is 0 Å². The molecule has 5 heteroatoms. The molecule has 0 bridgehead atoms. The molecule has 2 aliphatic rings. The van der Waals surface area contributed by atoms with Crippen LogP contribution in [0.1, 0.15) is 54.1 Å². The summed E-state index contributed by atoms with van der Waals surface area (Å²) in [7, 11) is 0. The van der Waals surface area contributed by atoms with Gasteiger partial charge in [0, 0.05) is 30.9 Å². The van der Waals surface area contributed by atoms with Crippen LogP contribution < -0.4 is 4.74 Å². The Morgan fingerprint density at radius 1 is 1.17 bits per heavy atom. The van der Waals surface area contributed by atoms with Gasteiger partial charge in [0.15, 0.2) is 0 Å². The fraction of sp³-hybridized carbons (Fsp3) is 0.474. The van der Waals surface area contributed by atoms with Crippen molar-refractivity contribution in [3.8, 4) is 5.75 Å². The maximum absolute atomic E-state index is 13.0. The number of carbonyl (C=O) groups is 1. The number of para-hydroxylation sites is 1. The van der Waals surface area contributed by atoms with E-state index in [1.807, 2.05) is 35.2 Å². The normalized spacial score (nSPS) is 21.3. The smallest absolute Gasteiger partial charge is 0.257 e. The van der Waals surface area contributed by atoms with E-state index in [1.165, 1.54) is 6.42 Å². The van der Waals surface area contributed by atoms with Gasteiger partial charge in [-0.25, -0.2) is 0 Å². The summed E-state index contributed by atoms with van der Waals surface area (Å²) in [5.74, 6) is 1.15. The predicted octanol–water partition coefficient (Wildman–Crippen LogP) is 3.36. The third-order valence-corrected chi connectivity index (χ3v) is 5.13. The van der Waals surface area contributed by atoms with E-state index in [4.69, 9.17) is 4.74 Å². The van der Waals surface area contributed by atoms with Crippen LogP contribution in [0.25, 0.3) is 0 Å². The minimum Gasteiger partial charge on any atom is -0.490 e. The highest BCUT2D eigenvalue weighted by atomic mass is 16.5. The topological polar surface area (TPSA) is 58.2 Å². The second-order valence-corrected chi connectivity index (χ2v) is 6.77. The number of carbonyl (C=O) groups excluding carboxylic acids is 1. The Morgan fingerprint density at radius 2 is 2.04 bits per heavy atom. The second-order valence-electron chi connectivity index (χ2n) is 6.77. The van der Waals surface area contributed by atoms with Crippen molar-refractivity contribution in [1.82, 2.24) is 15.1 Å². The minimum atomic E-state index is 0.0779. The molecule has 1 atom stereocenters. The summed E-state index contributed by atoms with van der Waals surface area (Å²) < 4.78 is 6.03. The molecule has 1 saturated carbocycles. The molecule has 1 aromatic carbocycles. The summed E-state index contributed by atoms with van der Waals surface area (Å²) in [4.78, 5) is 15.0. The molecule has 0 unspecified atom stereocenters. The molecule has 5 nitrogen and oxygen atoms in total. The van der Waals surface area contributed by atoms with E-state index in [0.717, 1.165) is 50.2 Å². The van der Waals surface area contributed by atoms with E-state index in [1.54, 1.807) is 6.20 Å². The van der Waals surface area contributed by atoms with Gasteiger partial charge in [-0.05, 0) is 50.3 Å². The molecule has 1 saturated heterocycles. The number of hydrogen-bond donors (Lipinski definition) is 1. The van der Waals surface area contributed by atoms with E-state index < -0.39 is 0 Å². The molecule has 1 aliphatic heterocycles. The van der Waals surface area contributed by atoms with Crippen molar-refractivity contribution in [3.05, 3.63) is 47.8 Å². The summed E-state index contributed by atoms with van der Waals surface area (Å²) in [6, 6.07) is 9.66. The quantitative estimate of drug-likeness (QED) is 0.938. The van der Waals surface area contributed by atoms with Gasteiger partial charge in [-0.2, -0.15) is 5.10 Å². The van der Waals surface area contributed by atoms with Crippen LogP contribution >= 0.6 is 0 Å². The molecule has 2 fully saturated rings. The average Bonchev–Trinajstić information content (AvgIpc) is 3.13. The monoisotopic (exact) mass is 325 g/mol. The fourth-order valence-corrected chi connectivity index (χ4v) is 3.49. The number of aromatic amines is 1. The first-order valence-corrected chi connectivity index (χ1v) is 8.85. The Bertz CT molecular complexity index is 694. The number of likely N-dealkylation sites (tertiary alicyclic amines) is 1. The van der Waals surface area contributed by atoms with E-state index in [2.05, 4.69) is 10.2 Å². The van der Waals surface area contributed by atoms with Crippen LogP contribution in [0.4, 0.5) is 0 Å². The van der Waals surface area contributed by atoms with Crippen molar-refractivity contribution in [2.24, 2.45) is 0 Å². The van der Waals surface area contributed by atoms with Crippen LogP contribution in [0.15, 0.2) is 36.5 Å². The third-order valence-electron chi connectivity index (χ3n) is 5.13. The molecule has 1 aromatic heterocycles. The molecule has 2 heterocycles. The molecule has 1 aliphatic carbocycles. The summed E-state index contributed by atoms with van der Waals surface area (Å²) in [6.07, 6.45) is 7.56. The molecule has 1 N–H and O–H groups in total. The fourth-order valence-electron chi connectivity index (χ4n) is 3.49. The van der Waals surface area contributed by atoms with E-state index >= 15 is 0 Å². The molecular weight excluding hydrogens is 302 g/mol. The zero-order valence-electron chi connectivity index (χ0n) is 13.8. The van der Waals surface area contributed by atoms with E-state index in [9.17, 15) is 4.79 Å². The Labute approximate surface area is 142 Å². The number of piperidine rings is 1. The van der Waals surface area contributed by atoms with Crippen LogP contribution in [0.2, 0.25) is 0 Å². The molecule has 0 spiro atoms. The minimum absolute atomic E-state index is 0.0779. The lowest BCUT2D eigenvalue weighted by Crippen LogP contribution is -2.39. The van der Waals surface area contributed by atoms with E-state index in [-0.39, 0.29) is 12.0 Å². The average molecular weight is 325 g/mol. The van der Waals surface area contributed by atoms with Gasteiger partial charge in [-0.3, -0.25) is 9.89 Å². The van der Waals surface area contributed by atoms with Gasteiger partial charge in [-0.1, -0.05) is 12.1 Å². The van der Waals surface area contributed by atoms with Crippen LogP contribution in [0.3, 0.4) is 0 Å². The van der Waals surface area contributed by atoms with Gasteiger partial charge in [0.2, 0.25) is 0 Å². The lowest BCUT2D eigenvalue weighted by atomic mass is 9.94. The SMILES string of the molecule is O=C(c1ccccc1OC1CCC1)N1CCC[C@@H](c2ccn[nH]2)C1. The lowest BCUT2D eigenvalue weighted by molar-refractivity contribution is 0.0689. The predicted molar refractivity (Wildman–Crippen MR) is 91.2 cm³/mol. The summed E-state index contributed by atoms with van der Waals surface area (Å²) in [6.45, 7) is 1.54. The summed E-state index contributed by atoms with van der Waals surface area (Å²) in [5, 5.41) is 7.09. The second kappa shape index (κ2) is 6.67. The Kier molecular flexibility index (Phi) is 4.24. The van der Waals surface area contributed by atoms with Gasteiger partial charge < -0.3 is 9.64 Å². The highest BCUT2D eigenvalue weighted by Gasteiger charge is 2.28. The number of H-pyrrole nitrogens is 1. The molecule has 4 rings (SSSR count). The largest absolute Gasteiger partial charge is 0.490 e. The van der Waals surface area contributed by atoms with Crippen molar-refractivity contribution in [2.45, 2.75) is 44.1 Å². The number of hydrogen-bond acceptors (Lipinski definition) is 3. The number of benzene rings is 1. The van der Waals surface area contributed by atoms with E-state index in [0.29, 0.717) is 11.5 Å².